The molecular weight excluding hydrogens is 322 g/mol. The van der Waals surface area contributed by atoms with Crippen molar-refractivity contribution in [2.45, 2.75) is 0 Å². The van der Waals surface area contributed by atoms with Crippen LogP contribution in [0.1, 0.15) is 11.1 Å². The SMILES string of the molecule is COC(=O)C(=[N+]=[N-])c1ccccc1N=Cc1ccc(OC)cc1OC. The van der Waals surface area contributed by atoms with Crippen molar-refractivity contribution in [1.82, 2.24) is 0 Å². The zero-order valence-corrected chi connectivity index (χ0v) is 14.1. The van der Waals surface area contributed by atoms with Crippen LogP contribution in [-0.4, -0.2) is 44.0 Å². The Labute approximate surface area is 145 Å². The predicted octanol–water partition coefficient (Wildman–Crippen LogP) is 2.65. The maximum atomic E-state index is 11.7. The summed E-state index contributed by atoms with van der Waals surface area (Å²) in [4.78, 5) is 19.2. The molecule has 2 aromatic rings. The van der Waals surface area contributed by atoms with Gasteiger partial charge in [0.05, 0.1) is 32.6 Å². The minimum atomic E-state index is -0.757. The first-order valence-corrected chi connectivity index (χ1v) is 7.30. The summed E-state index contributed by atoms with van der Waals surface area (Å²) in [7, 11) is 4.33. The number of rotatable bonds is 6. The van der Waals surface area contributed by atoms with Gasteiger partial charge in [-0.2, -0.15) is 4.79 Å². The van der Waals surface area contributed by atoms with E-state index in [9.17, 15) is 4.79 Å². The molecule has 0 radical (unpaired) electrons. The smallest absolute Gasteiger partial charge is 0.422 e. The van der Waals surface area contributed by atoms with Crippen LogP contribution in [0.25, 0.3) is 5.53 Å². The highest BCUT2D eigenvalue weighted by Crippen LogP contribution is 2.25. The second kappa shape index (κ2) is 8.42. The second-order valence-electron chi connectivity index (χ2n) is 4.82. The minimum absolute atomic E-state index is 0.225. The van der Waals surface area contributed by atoms with Crippen LogP contribution in [0.3, 0.4) is 0 Å². The van der Waals surface area contributed by atoms with E-state index in [0.717, 1.165) is 5.56 Å². The summed E-state index contributed by atoms with van der Waals surface area (Å²) in [5, 5.41) is 0. The molecule has 0 saturated heterocycles. The Morgan fingerprint density at radius 2 is 1.88 bits per heavy atom. The number of hydrogen-bond donors (Lipinski definition) is 0. The van der Waals surface area contributed by atoms with Gasteiger partial charge in [0.1, 0.15) is 11.5 Å². The number of esters is 1. The molecule has 0 aliphatic rings. The standard InChI is InChI=1S/C18H17N3O4/c1-23-13-9-8-12(16(10-13)24-2)11-20-15-7-5-4-6-14(15)17(21-19)18(22)25-3/h4-11H,1-3H3. The van der Waals surface area contributed by atoms with E-state index in [1.165, 1.54) is 7.11 Å². The molecule has 0 fully saturated rings. The summed E-state index contributed by atoms with van der Waals surface area (Å²) >= 11 is 0. The molecule has 7 nitrogen and oxygen atoms in total. The molecule has 0 aliphatic carbocycles. The Hall–Kier alpha value is -3.44. The molecule has 0 bridgehead atoms. The van der Waals surface area contributed by atoms with Gasteiger partial charge in [-0.25, -0.2) is 4.79 Å². The first kappa shape index (κ1) is 17.9. The van der Waals surface area contributed by atoms with Crippen LogP contribution in [0.5, 0.6) is 11.5 Å². The fourth-order valence-corrected chi connectivity index (χ4v) is 2.15. The van der Waals surface area contributed by atoms with Crippen LogP contribution in [0.15, 0.2) is 47.5 Å². The Bertz CT molecular complexity index is 855. The molecule has 0 saturated carbocycles. The van der Waals surface area contributed by atoms with Crippen molar-refractivity contribution in [2.75, 3.05) is 21.3 Å². The van der Waals surface area contributed by atoms with Crippen LogP contribution in [0.2, 0.25) is 0 Å². The monoisotopic (exact) mass is 339 g/mol. The molecule has 128 valence electrons. The van der Waals surface area contributed by atoms with Gasteiger partial charge in [-0.05, 0) is 24.3 Å². The lowest BCUT2D eigenvalue weighted by atomic mass is 10.1. The second-order valence-corrected chi connectivity index (χ2v) is 4.82. The number of carbonyl (C=O) groups is 1. The molecule has 7 heteroatoms. The van der Waals surface area contributed by atoms with Gasteiger partial charge < -0.3 is 19.7 Å². The first-order chi connectivity index (χ1) is 12.1. The lowest BCUT2D eigenvalue weighted by Crippen LogP contribution is -2.18. The van der Waals surface area contributed by atoms with E-state index in [-0.39, 0.29) is 5.71 Å². The van der Waals surface area contributed by atoms with E-state index in [1.807, 2.05) is 0 Å². The van der Waals surface area contributed by atoms with Crippen molar-refractivity contribution in [3.63, 3.8) is 0 Å². The number of benzene rings is 2. The van der Waals surface area contributed by atoms with Gasteiger partial charge in [0, 0.05) is 17.8 Å². The van der Waals surface area contributed by atoms with Gasteiger partial charge in [0.25, 0.3) is 0 Å². The Balaban J connectivity index is 2.43. The van der Waals surface area contributed by atoms with E-state index >= 15 is 0 Å². The molecule has 0 N–H and O–H groups in total. The molecular formula is C18H17N3O4. The van der Waals surface area contributed by atoms with Crippen LogP contribution in [0, 0.1) is 0 Å². The quantitative estimate of drug-likeness (QED) is 0.350. The average molecular weight is 339 g/mol. The van der Waals surface area contributed by atoms with E-state index in [2.05, 4.69) is 14.5 Å². The molecule has 0 amide bonds. The number of ether oxygens (including phenoxy) is 3. The number of carbonyl (C=O) groups excluding carboxylic acids is 1. The molecule has 0 unspecified atom stereocenters. The Morgan fingerprint density at radius 1 is 1.12 bits per heavy atom. The summed E-state index contributed by atoms with van der Waals surface area (Å²) < 4.78 is 15.1. The van der Waals surface area contributed by atoms with Crippen molar-refractivity contribution in [3.8, 4) is 11.5 Å². The largest absolute Gasteiger partial charge is 0.497 e. The summed E-state index contributed by atoms with van der Waals surface area (Å²) in [6, 6.07) is 12.1. The number of methoxy groups -OCH3 is 3. The fraction of sp³-hybridized carbons (Fsp3) is 0.167. The Morgan fingerprint density at radius 3 is 2.52 bits per heavy atom. The number of aliphatic imine (C=N–C) groups is 1. The van der Waals surface area contributed by atoms with E-state index in [0.29, 0.717) is 22.7 Å². The van der Waals surface area contributed by atoms with Gasteiger partial charge in [-0.3, -0.25) is 4.99 Å². The van der Waals surface area contributed by atoms with Crippen molar-refractivity contribution in [3.05, 3.63) is 59.1 Å². The minimum Gasteiger partial charge on any atom is -0.497 e. The van der Waals surface area contributed by atoms with Crippen molar-refractivity contribution < 1.29 is 23.8 Å². The predicted molar refractivity (Wildman–Crippen MR) is 93.0 cm³/mol. The van der Waals surface area contributed by atoms with Crippen molar-refractivity contribution in [1.29, 1.82) is 0 Å². The normalized spacial score (nSPS) is 10.2. The summed E-state index contributed by atoms with van der Waals surface area (Å²) in [6.45, 7) is 0. The van der Waals surface area contributed by atoms with Crippen molar-refractivity contribution in [2.24, 2.45) is 4.99 Å². The first-order valence-electron chi connectivity index (χ1n) is 7.30. The third kappa shape index (κ3) is 4.10. The molecule has 25 heavy (non-hydrogen) atoms. The lowest BCUT2D eigenvalue weighted by molar-refractivity contribution is -0.137. The summed E-state index contributed by atoms with van der Waals surface area (Å²) in [5.74, 6) is 0.492. The molecule has 0 spiro atoms. The van der Waals surface area contributed by atoms with Gasteiger partial charge >= 0.3 is 11.7 Å². The van der Waals surface area contributed by atoms with Crippen molar-refractivity contribution >= 4 is 23.6 Å². The number of hydrogen-bond acceptors (Lipinski definition) is 5. The third-order valence-corrected chi connectivity index (χ3v) is 3.42. The molecule has 0 heterocycles. The van der Waals surface area contributed by atoms with Crippen LogP contribution in [-0.2, 0) is 9.53 Å². The van der Waals surface area contributed by atoms with Gasteiger partial charge in [0.2, 0.25) is 0 Å². The molecule has 0 atom stereocenters. The van der Waals surface area contributed by atoms with E-state index in [4.69, 9.17) is 15.0 Å². The summed E-state index contributed by atoms with van der Waals surface area (Å²) in [5.41, 5.74) is 10.4. The molecule has 0 aliphatic heterocycles. The Kier molecular flexibility index (Phi) is 6.03. The highest BCUT2D eigenvalue weighted by molar-refractivity contribution is 6.41. The van der Waals surface area contributed by atoms with Gasteiger partial charge in [0.15, 0.2) is 0 Å². The zero-order chi connectivity index (χ0) is 18.2. The van der Waals surface area contributed by atoms with Crippen LogP contribution < -0.4 is 9.47 Å². The average Bonchev–Trinajstić information content (AvgIpc) is 2.67. The molecule has 2 rings (SSSR count). The zero-order valence-electron chi connectivity index (χ0n) is 14.1. The topological polar surface area (TPSA) is 93.5 Å². The lowest BCUT2D eigenvalue weighted by Gasteiger charge is -2.07. The molecule has 2 aromatic carbocycles. The maximum Gasteiger partial charge on any atom is 0.422 e. The van der Waals surface area contributed by atoms with E-state index < -0.39 is 5.97 Å². The fourth-order valence-electron chi connectivity index (χ4n) is 2.15. The van der Waals surface area contributed by atoms with Gasteiger partial charge in [-0.15, -0.1) is 0 Å². The number of para-hydroxylation sites is 1. The highest BCUT2D eigenvalue weighted by Gasteiger charge is 2.26. The van der Waals surface area contributed by atoms with Crippen LogP contribution >= 0.6 is 0 Å². The van der Waals surface area contributed by atoms with Crippen LogP contribution in [0.4, 0.5) is 5.69 Å². The summed E-state index contributed by atoms with van der Waals surface area (Å²) in [6.07, 6.45) is 1.59. The maximum absolute atomic E-state index is 11.7. The highest BCUT2D eigenvalue weighted by atomic mass is 16.5. The van der Waals surface area contributed by atoms with Gasteiger partial charge in [-0.1, -0.05) is 12.1 Å². The van der Waals surface area contributed by atoms with E-state index in [1.54, 1.807) is 62.9 Å². The third-order valence-electron chi connectivity index (χ3n) is 3.42. The molecule has 0 aromatic heterocycles. The number of nitrogens with zero attached hydrogens (tertiary/aromatic N) is 3.